The Morgan fingerprint density at radius 1 is 1.38 bits per heavy atom. The highest BCUT2D eigenvalue weighted by molar-refractivity contribution is 4.80. The first-order valence-electron chi connectivity index (χ1n) is 5.54. The van der Waals surface area contributed by atoms with E-state index in [0.717, 1.165) is 25.0 Å². The van der Waals surface area contributed by atoms with E-state index in [-0.39, 0.29) is 0 Å². The van der Waals surface area contributed by atoms with Crippen molar-refractivity contribution in [3.8, 4) is 0 Å². The predicted octanol–water partition coefficient (Wildman–Crippen LogP) is 2.05. The SMILES string of the molecule is CCC(C)C(NC)C1CCOCC1. The second kappa shape index (κ2) is 5.61. The fourth-order valence-electron chi connectivity index (χ4n) is 2.31. The van der Waals surface area contributed by atoms with Crippen molar-refractivity contribution in [2.24, 2.45) is 11.8 Å². The van der Waals surface area contributed by atoms with Crippen LogP contribution in [-0.2, 0) is 4.74 Å². The van der Waals surface area contributed by atoms with E-state index in [1.54, 1.807) is 0 Å². The molecule has 78 valence electrons. The van der Waals surface area contributed by atoms with Gasteiger partial charge in [0.15, 0.2) is 0 Å². The molecule has 0 amide bonds. The van der Waals surface area contributed by atoms with E-state index in [1.165, 1.54) is 19.3 Å². The molecule has 1 aliphatic heterocycles. The van der Waals surface area contributed by atoms with E-state index < -0.39 is 0 Å². The summed E-state index contributed by atoms with van der Waals surface area (Å²) in [6, 6.07) is 0.689. The zero-order valence-corrected chi connectivity index (χ0v) is 9.18. The minimum absolute atomic E-state index is 0.689. The summed E-state index contributed by atoms with van der Waals surface area (Å²) < 4.78 is 5.38. The molecule has 0 aromatic rings. The van der Waals surface area contributed by atoms with Gasteiger partial charge in [0.1, 0.15) is 0 Å². The van der Waals surface area contributed by atoms with Gasteiger partial charge in [0.25, 0.3) is 0 Å². The highest BCUT2D eigenvalue weighted by atomic mass is 16.5. The normalized spacial score (nSPS) is 24.2. The topological polar surface area (TPSA) is 21.3 Å². The number of hydrogen-bond donors (Lipinski definition) is 1. The van der Waals surface area contributed by atoms with Gasteiger partial charge in [-0.3, -0.25) is 0 Å². The van der Waals surface area contributed by atoms with E-state index in [0.29, 0.717) is 6.04 Å². The molecule has 0 radical (unpaired) electrons. The van der Waals surface area contributed by atoms with Crippen LogP contribution in [0.25, 0.3) is 0 Å². The van der Waals surface area contributed by atoms with Gasteiger partial charge in [0, 0.05) is 19.3 Å². The highest BCUT2D eigenvalue weighted by Gasteiger charge is 2.25. The summed E-state index contributed by atoms with van der Waals surface area (Å²) in [5, 5.41) is 3.47. The molecule has 2 atom stereocenters. The van der Waals surface area contributed by atoms with Crippen LogP contribution in [-0.4, -0.2) is 26.3 Å². The lowest BCUT2D eigenvalue weighted by Crippen LogP contribution is -2.41. The molecule has 2 heteroatoms. The predicted molar refractivity (Wildman–Crippen MR) is 55.8 cm³/mol. The maximum Gasteiger partial charge on any atom is 0.0469 e. The Balaban J connectivity index is 2.43. The smallest absolute Gasteiger partial charge is 0.0469 e. The molecule has 0 saturated carbocycles. The Morgan fingerprint density at radius 3 is 2.46 bits per heavy atom. The fourth-order valence-corrected chi connectivity index (χ4v) is 2.31. The van der Waals surface area contributed by atoms with Gasteiger partial charge in [-0.05, 0) is 31.7 Å². The molecule has 2 unspecified atom stereocenters. The summed E-state index contributed by atoms with van der Waals surface area (Å²) in [7, 11) is 2.09. The Labute approximate surface area is 82.0 Å². The van der Waals surface area contributed by atoms with Gasteiger partial charge in [-0.2, -0.15) is 0 Å². The maximum atomic E-state index is 5.38. The summed E-state index contributed by atoms with van der Waals surface area (Å²) in [6.07, 6.45) is 3.73. The van der Waals surface area contributed by atoms with Crippen LogP contribution in [0.3, 0.4) is 0 Å². The summed E-state index contributed by atoms with van der Waals surface area (Å²) in [5.41, 5.74) is 0. The molecule has 13 heavy (non-hydrogen) atoms. The van der Waals surface area contributed by atoms with Gasteiger partial charge in [0.2, 0.25) is 0 Å². The molecule has 1 N–H and O–H groups in total. The quantitative estimate of drug-likeness (QED) is 0.723. The molecular formula is C11H23NO. The second-order valence-electron chi connectivity index (χ2n) is 4.15. The van der Waals surface area contributed by atoms with Crippen LogP contribution < -0.4 is 5.32 Å². The van der Waals surface area contributed by atoms with Crippen molar-refractivity contribution in [2.45, 2.75) is 39.2 Å². The molecule has 1 heterocycles. The summed E-state index contributed by atoms with van der Waals surface area (Å²) in [5.74, 6) is 1.61. The highest BCUT2D eigenvalue weighted by Crippen LogP contribution is 2.24. The van der Waals surface area contributed by atoms with Gasteiger partial charge in [-0.1, -0.05) is 20.3 Å². The van der Waals surface area contributed by atoms with Crippen molar-refractivity contribution >= 4 is 0 Å². The van der Waals surface area contributed by atoms with E-state index in [9.17, 15) is 0 Å². The number of nitrogens with one attached hydrogen (secondary N) is 1. The Bertz CT molecular complexity index is 132. The molecule has 0 aliphatic carbocycles. The van der Waals surface area contributed by atoms with Crippen molar-refractivity contribution in [1.29, 1.82) is 0 Å². The molecule has 1 fully saturated rings. The first-order valence-corrected chi connectivity index (χ1v) is 5.54. The van der Waals surface area contributed by atoms with Crippen molar-refractivity contribution < 1.29 is 4.74 Å². The van der Waals surface area contributed by atoms with Gasteiger partial charge in [0.05, 0.1) is 0 Å². The molecular weight excluding hydrogens is 162 g/mol. The van der Waals surface area contributed by atoms with Crippen molar-refractivity contribution in [3.63, 3.8) is 0 Å². The van der Waals surface area contributed by atoms with Crippen LogP contribution in [0, 0.1) is 11.8 Å². The summed E-state index contributed by atoms with van der Waals surface area (Å²) in [6.45, 7) is 6.53. The lowest BCUT2D eigenvalue weighted by atomic mass is 9.83. The van der Waals surface area contributed by atoms with Crippen molar-refractivity contribution in [2.75, 3.05) is 20.3 Å². The van der Waals surface area contributed by atoms with Gasteiger partial charge in [-0.15, -0.1) is 0 Å². The molecule has 1 aliphatic rings. The van der Waals surface area contributed by atoms with E-state index in [2.05, 4.69) is 26.2 Å². The molecule has 0 bridgehead atoms. The van der Waals surface area contributed by atoms with Crippen LogP contribution >= 0.6 is 0 Å². The van der Waals surface area contributed by atoms with Gasteiger partial charge >= 0.3 is 0 Å². The Kier molecular flexibility index (Phi) is 4.74. The van der Waals surface area contributed by atoms with Crippen molar-refractivity contribution in [1.82, 2.24) is 5.32 Å². The first-order chi connectivity index (χ1) is 6.29. The largest absolute Gasteiger partial charge is 0.381 e. The minimum atomic E-state index is 0.689. The third-order valence-corrected chi connectivity index (χ3v) is 3.36. The Morgan fingerprint density at radius 2 is 2.00 bits per heavy atom. The maximum absolute atomic E-state index is 5.38. The molecule has 1 rings (SSSR count). The number of rotatable bonds is 4. The second-order valence-corrected chi connectivity index (χ2v) is 4.15. The van der Waals surface area contributed by atoms with Gasteiger partial charge in [-0.25, -0.2) is 0 Å². The van der Waals surface area contributed by atoms with Crippen LogP contribution in [0.4, 0.5) is 0 Å². The zero-order chi connectivity index (χ0) is 9.68. The average molecular weight is 185 g/mol. The average Bonchev–Trinajstić information content (AvgIpc) is 2.20. The third-order valence-electron chi connectivity index (χ3n) is 3.36. The lowest BCUT2D eigenvalue weighted by molar-refractivity contribution is 0.0468. The molecule has 1 saturated heterocycles. The van der Waals surface area contributed by atoms with Gasteiger partial charge < -0.3 is 10.1 Å². The molecule has 2 nitrogen and oxygen atoms in total. The van der Waals surface area contributed by atoms with E-state index in [4.69, 9.17) is 4.74 Å². The lowest BCUT2D eigenvalue weighted by Gasteiger charge is -2.33. The van der Waals surface area contributed by atoms with Crippen LogP contribution in [0.5, 0.6) is 0 Å². The zero-order valence-electron chi connectivity index (χ0n) is 9.18. The van der Waals surface area contributed by atoms with E-state index >= 15 is 0 Å². The first kappa shape index (κ1) is 11.0. The van der Waals surface area contributed by atoms with Crippen LogP contribution in [0.2, 0.25) is 0 Å². The van der Waals surface area contributed by atoms with Crippen LogP contribution in [0.1, 0.15) is 33.1 Å². The Hall–Kier alpha value is -0.0800. The summed E-state index contributed by atoms with van der Waals surface area (Å²) in [4.78, 5) is 0. The minimum Gasteiger partial charge on any atom is -0.381 e. The summed E-state index contributed by atoms with van der Waals surface area (Å²) >= 11 is 0. The fraction of sp³-hybridized carbons (Fsp3) is 1.00. The van der Waals surface area contributed by atoms with E-state index in [1.807, 2.05) is 0 Å². The molecule has 0 aromatic heterocycles. The monoisotopic (exact) mass is 185 g/mol. The van der Waals surface area contributed by atoms with Crippen molar-refractivity contribution in [3.05, 3.63) is 0 Å². The third kappa shape index (κ3) is 2.96. The molecule has 0 aromatic carbocycles. The standard InChI is InChI=1S/C11H23NO/c1-4-9(2)11(12-3)10-5-7-13-8-6-10/h9-12H,4-8H2,1-3H3. The van der Waals surface area contributed by atoms with Crippen LogP contribution in [0.15, 0.2) is 0 Å². The number of ether oxygens (including phenoxy) is 1. The number of hydrogen-bond acceptors (Lipinski definition) is 2. The molecule has 0 spiro atoms.